The van der Waals surface area contributed by atoms with Crippen LogP contribution in [0.15, 0.2) is 54.1 Å². The van der Waals surface area contributed by atoms with Crippen LogP contribution in [0.25, 0.3) is 0 Å². The maximum absolute atomic E-state index is 12.0. The molecule has 2 rings (SSSR count). The minimum atomic E-state index is -0.466. The van der Waals surface area contributed by atoms with E-state index < -0.39 is 5.78 Å². The molecular formula is C12H9N3O2. The van der Waals surface area contributed by atoms with E-state index in [-0.39, 0.29) is 11.4 Å². The van der Waals surface area contributed by atoms with Crippen molar-refractivity contribution in [2.75, 3.05) is 0 Å². The number of carbonyl (C=O) groups excluding carboxylic acids is 1. The second kappa shape index (κ2) is 4.98. The first kappa shape index (κ1) is 10.9. The summed E-state index contributed by atoms with van der Waals surface area (Å²) in [5.41, 5.74) is 0.626. The fraction of sp³-hybridized carbons (Fsp3) is 0. The molecular weight excluding hydrogens is 218 g/mol. The van der Waals surface area contributed by atoms with Crippen molar-refractivity contribution in [3.8, 4) is 0 Å². The average Bonchev–Trinajstić information content (AvgIpc) is 2.42. The molecule has 17 heavy (non-hydrogen) atoms. The fourth-order valence-corrected chi connectivity index (χ4v) is 1.37. The van der Waals surface area contributed by atoms with E-state index in [2.05, 4.69) is 15.1 Å². The van der Waals surface area contributed by atoms with Crippen molar-refractivity contribution >= 4 is 11.5 Å². The Morgan fingerprint density at radius 1 is 1.18 bits per heavy atom. The van der Waals surface area contributed by atoms with Crippen LogP contribution in [0.3, 0.4) is 0 Å². The standard InChI is InChI=1S/C12H9N3O2/c16-12(10-8-13-6-7-14-10)11(15-17)9-4-2-1-3-5-9/h1-8,17H. The van der Waals surface area contributed by atoms with Gasteiger partial charge in [0.25, 0.3) is 0 Å². The highest BCUT2D eigenvalue weighted by atomic mass is 16.4. The van der Waals surface area contributed by atoms with Gasteiger partial charge < -0.3 is 5.21 Å². The average molecular weight is 227 g/mol. The van der Waals surface area contributed by atoms with Gasteiger partial charge in [-0.05, 0) is 0 Å². The topological polar surface area (TPSA) is 75.4 Å². The SMILES string of the molecule is O=C(C(=NO)c1ccccc1)c1cnccn1. The summed E-state index contributed by atoms with van der Waals surface area (Å²) in [6.45, 7) is 0. The van der Waals surface area contributed by atoms with Gasteiger partial charge in [0.15, 0.2) is 5.71 Å². The number of ketones is 1. The van der Waals surface area contributed by atoms with Crippen molar-refractivity contribution in [1.29, 1.82) is 0 Å². The number of nitrogens with zero attached hydrogens (tertiary/aromatic N) is 3. The third-order valence-corrected chi connectivity index (χ3v) is 2.16. The van der Waals surface area contributed by atoms with Crippen LogP contribution in [0.2, 0.25) is 0 Å². The van der Waals surface area contributed by atoms with E-state index in [0.717, 1.165) is 0 Å². The number of hydrogen-bond acceptors (Lipinski definition) is 5. The molecule has 0 amide bonds. The smallest absolute Gasteiger partial charge is 0.235 e. The summed E-state index contributed by atoms with van der Waals surface area (Å²) in [6.07, 6.45) is 4.21. The van der Waals surface area contributed by atoms with Gasteiger partial charge in [-0.3, -0.25) is 9.78 Å². The highest BCUT2D eigenvalue weighted by Gasteiger charge is 2.17. The lowest BCUT2D eigenvalue weighted by molar-refractivity contribution is 0.105. The van der Waals surface area contributed by atoms with Crippen molar-refractivity contribution in [2.24, 2.45) is 5.16 Å². The molecule has 0 atom stereocenters. The first-order valence-electron chi connectivity index (χ1n) is 4.91. The van der Waals surface area contributed by atoms with Crippen molar-refractivity contribution in [3.63, 3.8) is 0 Å². The van der Waals surface area contributed by atoms with Gasteiger partial charge >= 0.3 is 0 Å². The largest absolute Gasteiger partial charge is 0.410 e. The zero-order chi connectivity index (χ0) is 12.1. The minimum Gasteiger partial charge on any atom is -0.410 e. The molecule has 0 radical (unpaired) electrons. The third kappa shape index (κ3) is 2.34. The molecule has 5 nitrogen and oxygen atoms in total. The second-order valence-electron chi connectivity index (χ2n) is 3.23. The molecule has 0 saturated carbocycles. The number of oxime groups is 1. The molecule has 0 unspecified atom stereocenters. The Balaban J connectivity index is 2.37. The van der Waals surface area contributed by atoms with Crippen LogP contribution in [-0.2, 0) is 0 Å². The van der Waals surface area contributed by atoms with E-state index in [1.165, 1.54) is 18.6 Å². The molecule has 1 aromatic carbocycles. The van der Waals surface area contributed by atoms with E-state index in [4.69, 9.17) is 5.21 Å². The van der Waals surface area contributed by atoms with Gasteiger partial charge in [0.05, 0.1) is 6.20 Å². The Morgan fingerprint density at radius 2 is 1.94 bits per heavy atom. The normalized spacial score (nSPS) is 11.2. The Hall–Kier alpha value is -2.56. The predicted octanol–water partition coefficient (Wildman–Crippen LogP) is 1.54. The molecule has 0 spiro atoms. The van der Waals surface area contributed by atoms with E-state index in [1.54, 1.807) is 24.3 Å². The molecule has 5 heteroatoms. The van der Waals surface area contributed by atoms with E-state index in [9.17, 15) is 4.79 Å². The molecule has 1 heterocycles. The number of aromatic nitrogens is 2. The van der Waals surface area contributed by atoms with Crippen LogP contribution in [0.5, 0.6) is 0 Å². The van der Waals surface area contributed by atoms with Gasteiger partial charge in [-0.2, -0.15) is 0 Å². The maximum Gasteiger partial charge on any atom is 0.235 e. The van der Waals surface area contributed by atoms with Crippen LogP contribution in [0.4, 0.5) is 0 Å². The van der Waals surface area contributed by atoms with Gasteiger partial charge in [0.1, 0.15) is 5.69 Å². The Morgan fingerprint density at radius 3 is 2.53 bits per heavy atom. The number of benzene rings is 1. The summed E-state index contributed by atoms with van der Waals surface area (Å²) in [5, 5.41) is 12.0. The molecule has 0 bridgehead atoms. The number of hydrogen-bond donors (Lipinski definition) is 1. The lowest BCUT2D eigenvalue weighted by atomic mass is 10.1. The van der Waals surface area contributed by atoms with Crippen molar-refractivity contribution < 1.29 is 10.0 Å². The maximum atomic E-state index is 12.0. The molecule has 0 saturated heterocycles. The molecule has 0 aliphatic carbocycles. The lowest BCUT2D eigenvalue weighted by Gasteiger charge is -2.02. The van der Waals surface area contributed by atoms with Crippen LogP contribution in [-0.4, -0.2) is 26.7 Å². The minimum absolute atomic E-state index is 0.0499. The zero-order valence-corrected chi connectivity index (χ0v) is 8.82. The third-order valence-electron chi connectivity index (χ3n) is 2.16. The quantitative estimate of drug-likeness (QED) is 0.373. The van der Waals surface area contributed by atoms with Gasteiger partial charge in [-0.1, -0.05) is 35.5 Å². The number of carbonyl (C=O) groups is 1. The van der Waals surface area contributed by atoms with Crippen LogP contribution in [0.1, 0.15) is 16.1 Å². The molecule has 1 N–H and O–H groups in total. The predicted molar refractivity (Wildman–Crippen MR) is 61.1 cm³/mol. The number of rotatable bonds is 3. The molecule has 84 valence electrons. The van der Waals surface area contributed by atoms with E-state index in [1.807, 2.05) is 6.07 Å². The summed E-state index contributed by atoms with van der Waals surface area (Å²) in [6, 6.07) is 8.69. The molecule has 0 aliphatic rings. The summed E-state index contributed by atoms with van der Waals surface area (Å²) in [5.74, 6) is -0.466. The number of Topliss-reactive ketones (excluding diaryl/α,β-unsaturated/α-hetero) is 1. The van der Waals surface area contributed by atoms with Crippen molar-refractivity contribution in [2.45, 2.75) is 0 Å². The summed E-state index contributed by atoms with van der Waals surface area (Å²) in [7, 11) is 0. The van der Waals surface area contributed by atoms with Crippen LogP contribution in [0, 0.1) is 0 Å². The fourth-order valence-electron chi connectivity index (χ4n) is 1.37. The van der Waals surface area contributed by atoms with Crippen LogP contribution < -0.4 is 0 Å². The van der Waals surface area contributed by atoms with Crippen molar-refractivity contribution in [1.82, 2.24) is 9.97 Å². The zero-order valence-electron chi connectivity index (χ0n) is 8.82. The van der Waals surface area contributed by atoms with E-state index >= 15 is 0 Å². The van der Waals surface area contributed by atoms with Gasteiger partial charge in [0.2, 0.25) is 5.78 Å². The van der Waals surface area contributed by atoms with E-state index in [0.29, 0.717) is 5.56 Å². The lowest BCUT2D eigenvalue weighted by Crippen LogP contribution is -2.17. The highest BCUT2D eigenvalue weighted by molar-refractivity contribution is 6.50. The van der Waals surface area contributed by atoms with Crippen molar-refractivity contribution in [3.05, 3.63) is 60.2 Å². The Bertz CT molecular complexity index is 538. The Labute approximate surface area is 97.5 Å². The summed E-state index contributed by atoms with van der Waals surface area (Å²) >= 11 is 0. The summed E-state index contributed by atoms with van der Waals surface area (Å²) in [4.78, 5) is 19.6. The Kier molecular flexibility index (Phi) is 3.20. The molecule has 2 aromatic rings. The monoisotopic (exact) mass is 227 g/mol. The first-order valence-corrected chi connectivity index (χ1v) is 4.91. The van der Waals surface area contributed by atoms with Gasteiger partial charge in [-0.15, -0.1) is 0 Å². The van der Waals surface area contributed by atoms with Crippen LogP contribution >= 0.6 is 0 Å². The molecule has 0 fully saturated rings. The van der Waals surface area contributed by atoms with Gasteiger partial charge in [0, 0.05) is 18.0 Å². The first-order chi connectivity index (χ1) is 8.33. The summed E-state index contributed by atoms with van der Waals surface area (Å²) < 4.78 is 0. The molecule has 1 aromatic heterocycles. The second-order valence-corrected chi connectivity index (χ2v) is 3.23. The van der Waals surface area contributed by atoms with Gasteiger partial charge in [-0.25, -0.2) is 4.98 Å². The highest BCUT2D eigenvalue weighted by Crippen LogP contribution is 2.06. The molecule has 0 aliphatic heterocycles.